The standard InChI is InChI=1S/C9H19N/c1-2-3-4-5-6-7-8-9-10/h6H,1-5,7-10H2. The van der Waals surface area contributed by atoms with Crippen LogP contribution in [0.15, 0.2) is 0 Å². The molecule has 0 heterocycles. The molecule has 1 heteroatoms. The third kappa shape index (κ3) is 7.96. The van der Waals surface area contributed by atoms with Gasteiger partial charge in [-0.1, -0.05) is 32.6 Å². The molecular formula is C9H19N. The van der Waals surface area contributed by atoms with Gasteiger partial charge in [-0.3, -0.25) is 0 Å². The first-order valence-electron chi connectivity index (χ1n) is 4.22. The Bertz CT molecular complexity index is 44.7. The predicted octanol–water partition coefficient (Wildman–Crippen LogP) is 2.32. The van der Waals surface area contributed by atoms with E-state index < -0.39 is 0 Å². The first-order chi connectivity index (χ1) is 4.91. The molecule has 0 rings (SSSR count). The van der Waals surface area contributed by atoms with Gasteiger partial charge in [-0.15, -0.1) is 0 Å². The SMILES string of the molecule is [CH2]CCCC[CH]CCCN. The maximum atomic E-state index is 5.34. The highest BCUT2D eigenvalue weighted by Crippen LogP contribution is 2.04. The molecule has 0 aromatic heterocycles. The molecule has 0 saturated carbocycles. The Kier molecular flexibility index (Phi) is 8.92. The van der Waals surface area contributed by atoms with Gasteiger partial charge in [0.25, 0.3) is 0 Å². The zero-order valence-corrected chi connectivity index (χ0v) is 6.81. The minimum absolute atomic E-state index is 0.825. The molecule has 0 fully saturated rings. The van der Waals surface area contributed by atoms with Gasteiger partial charge in [-0.05, 0) is 25.8 Å². The van der Waals surface area contributed by atoms with Crippen LogP contribution in [0.4, 0.5) is 0 Å². The molecule has 0 unspecified atom stereocenters. The molecular weight excluding hydrogens is 122 g/mol. The zero-order chi connectivity index (χ0) is 7.66. The van der Waals surface area contributed by atoms with E-state index in [1.165, 1.54) is 25.7 Å². The summed E-state index contributed by atoms with van der Waals surface area (Å²) in [5.74, 6) is 0. The Morgan fingerprint density at radius 1 is 1.10 bits per heavy atom. The summed E-state index contributed by atoms with van der Waals surface area (Å²) in [5, 5.41) is 0. The van der Waals surface area contributed by atoms with Crippen molar-refractivity contribution in [3.05, 3.63) is 13.3 Å². The molecule has 0 aliphatic heterocycles. The summed E-state index contributed by atoms with van der Waals surface area (Å²) in [7, 11) is 0. The number of unbranched alkanes of at least 4 members (excludes halogenated alkanes) is 6. The lowest BCUT2D eigenvalue weighted by atomic mass is 10.1. The minimum atomic E-state index is 0.825. The van der Waals surface area contributed by atoms with Gasteiger partial charge in [0, 0.05) is 0 Å². The quantitative estimate of drug-likeness (QED) is 0.541. The summed E-state index contributed by atoms with van der Waals surface area (Å²) < 4.78 is 0. The van der Waals surface area contributed by atoms with Gasteiger partial charge in [0.15, 0.2) is 0 Å². The topological polar surface area (TPSA) is 26.0 Å². The van der Waals surface area contributed by atoms with Crippen molar-refractivity contribution in [3.63, 3.8) is 0 Å². The molecule has 0 atom stereocenters. The molecule has 0 aliphatic carbocycles. The van der Waals surface area contributed by atoms with Crippen LogP contribution in [-0.2, 0) is 0 Å². The van der Waals surface area contributed by atoms with E-state index in [0.717, 1.165) is 19.4 Å². The highest BCUT2D eigenvalue weighted by molar-refractivity contribution is 4.64. The van der Waals surface area contributed by atoms with Crippen LogP contribution in [0.3, 0.4) is 0 Å². The van der Waals surface area contributed by atoms with Gasteiger partial charge in [0.2, 0.25) is 0 Å². The number of hydrogen-bond donors (Lipinski definition) is 1. The van der Waals surface area contributed by atoms with Crippen LogP contribution in [0.2, 0.25) is 0 Å². The van der Waals surface area contributed by atoms with Gasteiger partial charge >= 0.3 is 0 Å². The van der Waals surface area contributed by atoms with E-state index in [0.29, 0.717) is 0 Å². The van der Waals surface area contributed by atoms with Crippen molar-refractivity contribution in [1.82, 2.24) is 0 Å². The second kappa shape index (κ2) is 8.96. The van der Waals surface area contributed by atoms with E-state index in [1.807, 2.05) is 0 Å². The van der Waals surface area contributed by atoms with Crippen molar-refractivity contribution < 1.29 is 0 Å². The van der Waals surface area contributed by atoms with Crippen LogP contribution in [0.25, 0.3) is 0 Å². The molecule has 0 aliphatic rings. The summed E-state index contributed by atoms with van der Waals surface area (Å²) in [5.41, 5.74) is 5.34. The Balaban J connectivity index is 2.65. The van der Waals surface area contributed by atoms with Crippen LogP contribution < -0.4 is 5.73 Å². The second-order valence-electron chi connectivity index (χ2n) is 2.57. The Morgan fingerprint density at radius 3 is 2.40 bits per heavy atom. The Hall–Kier alpha value is -0.0400. The van der Waals surface area contributed by atoms with Crippen LogP contribution in [0.1, 0.15) is 38.5 Å². The smallest absolute Gasteiger partial charge is 0.00772 e. The monoisotopic (exact) mass is 141 g/mol. The van der Waals surface area contributed by atoms with Gasteiger partial charge in [-0.2, -0.15) is 0 Å². The van der Waals surface area contributed by atoms with Gasteiger partial charge in [0.05, 0.1) is 0 Å². The van der Waals surface area contributed by atoms with Crippen molar-refractivity contribution in [2.45, 2.75) is 38.5 Å². The third-order valence-electron chi connectivity index (χ3n) is 1.52. The van der Waals surface area contributed by atoms with Crippen molar-refractivity contribution in [2.24, 2.45) is 5.73 Å². The molecule has 1 nitrogen and oxygen atoms in total. The van der Waals surface area contributed by atoms with E-state index in [-0.39, 0.29) is 0 Å². The third-order valence-corrected chi connectivity index (χ3v) is 1.52. The first kappa shape index (κ1) is 9.96. The summed E-state index contributed by atoms with van der Waals surface area (Å²) in [6.45, 7) is 4.61. The van der Waals surface area contributed by atoms with Crippen molar-refractivity contribution >= 4 is 0 Å². The molecule has 10 heavy (non-hydrogen) atoms. The zero-order valence-electron chi connectivity index (χ0n) is 6.81. The molecule has 0 amide bonds. The average molecular weight is 141 g/mol. The molecule has 60 valence electrons. The molecule has 0 aromatic rings. The summed E-state index contributed by atoms with van der Waals surface area (Å²) >= 11 is 0. The molecule has 2 N–H and O–H groups in total. The molecule has 2 radical (unpaired) electrons. The lowest BCUT2D eigenvalue weighted by molar-refractivity contribution is 0.696. The normalized spacial score (nSPS) is 10.2. The van der Waals surface area contributed by atoms with Gasteiger partial charge in [0.1, 0.15) is 0 Å². The Labute approximate surface area is 65.0 Å². The van der Waals surface area contributed by atoms with Gasteiger partial charge < -0.3 is 5.73 Å². The number of hydrogen-bond acceptors (Lipinski definition) is 1. The van der Waals surface area contributed by atoms with Gasteiger partial charge in [-0.25, -0.2) is 0 Å². The van der Waals surface area contributed by atoms with Crippen LogP contribution in [0, 0.1) is 13.3 Å². The summed E-state index contributed by atoms with van der Waals surface area (Å²) in [6, 6.07) is 0. The fraction of sp³-hybridized carbons (Fsp3) is 0.778. The van der Waals surface area contributed by atoms with E-state index in [2.05, 4.69) is 13.3 Å². The highest BCUT2D eigenvalue weighted by Gasteiger charge is 1.88. The fourth-order valence-electron chi connectivity index (χ4n) is 0.872. The lowest BCUT2D eigenvalue weighted by Gasteiger charge is -1.97. The van der Waals surface area contributed by atoms with Crippen LogP contribution in [-0.4, -0.2) is 6.54 Å². The molecule has 0 bridgehead atoms. The second-order valence-corrected chi connectivity index (χ2v) is 2.57. The maximum Gasteiger partial charge on any atom is -0.00772 e. The summed E-state index contributed by atoms with van der Waals surface area (Å²) in [4.78, 5) is 0. The van der Waals surface area contributed by atoms with E-state index in [1.54, 1.807) is 0 Å². The summed E-state index contributed by atoms with van der Waals surface area (Å²) in [6.07, 6.45) is 9.55. The van der Waals surface area contributed by atoms with Crippen LogP contribution in [0.5, 0.6) is 0 Å². The minimum Gasteiger partial charge on any atom is -0.330 e. The fourth-order valence-corrected chi connectivity index (χ4v) is 0.872. The molecule has 0 spiro atoms. The number of nitrogens with two attached hydrogens (primary N) is 1. The van der Waals surface area contributed by atoms with Crippen LogP contribution >= 0.6 is 0 Å². The van der Waals surface area contributed by atoms with Crippen molar-refractivity contribution in [1.29, 1.82) is 0 Å². The first-order valence-corrected chi connectivity index (χ1v) is 4.22. The lowest BCUT2D eigenvalue weighted by Crippen LogP contribution is -1.97. The van der Waals surface area contributed by atoms with E-state index >= 15 is 0 Å². The molecule has 0 aromatic carbocycles. The molecule has 0 saturated heterocycles. The van der Waals surface area contributed by atoms with Crippen molar-refractivity contribution in [2.75, 3.05) is 6.54 Å². The predicted molar refractivity (Wildman–Crippen MR) is 46.4 cm³/mol. The maximum absolute atomic E-state index is 5.34. The average Bonchev–Trinajstić information content (AvgIpc) is 1.97. The van der Waals surface area contributed by atoms with E-state index in [9.17, 15) is 0 Å². The highest BCUT2D eigenvalue weighted by atomic mass is 14.5. The van der Waals surface area contributed by atoms with Crippen molar-refractivity contribution in [3.8, 4) is 0 Å². The van der Waals surface area contributed by atoms with E-state index in [4.69, 9.17) is 5.73 Å². The Morgan fingerprint density at radius 2 is 1.80 bits per heavy atom. The number of rotatable bonds is 7. The largest absolute Gasteiger partial charge is 0.330 e.